The van der Waals surface area contributed by atoms with E-state index < -0.39 is 6.61 Å². The highest BCUT2D eigenvalue weighted by Gasteiger charge is 2.11. The van der Waals surface area contributed by atoms with Crippen molar-refractivity contribution in [3.8, 4) is 5.75 Å². The van der Waals surface area contributed by atoms with Crippen molar-refractivity contribution in [3.05, 3.63) is 64.2 Å². The first-order valence-corrected chi connectivity index (χ1v) is 9.30. The number of aliphatic imine (C=N–C) groups is 1. The number of benzene rings is 2. The lowest BCUT2D eigenvalue weighted by molar-refractivity contribution is -0.0504. The molecule has 0 aliphatic heterocycles. The quantitative estimate of drug-likeness (QED) is 0.201. The van der Waals surface area contributed by atoms with Crippen LogP contribution in [0.5, 0.6) is 5.75 Å². The first-order valence-electron chi connectivity index (χ1n) is 8.92. The van der Waals surface area contributed by atoms with E-state index in [0.717, 1.165) is 5.56 Å². The predicted molar refractivity (Wildman–Crippen MR) is 125 cm³/mol. The van der Waals surface area contributed by atoms with Gasteiger partial charge in [-0.1, -0.05) is 41.4 Å². The number of aryl methyl sites for hydroxylation is 1. The van der Waals surface area contributed by atoms with Gasteiger partial charge in [0.05, 0.1) is 10.6 Å². The van der Waals surface area contributed by atoms with Crippen LogP contribution in [0.3, 0.4) is 0 Å². The minimum absolute atomic E-state index is 0. The van der Waals surface area contributed by atoms with Gasteiger partial charge in [0, 0.05) is 32.2 Å². The normalized spacial score (nSPS) is 10.9. The Balaban J connectivity index is 0.00000450. The minimum atomic E-state index is -2.89. The Morgan fingerprint density at radius 3 is 2.50 bits per heavy atom. The molecule has 164 valence electrons. The van der Waals surface area contributed by atoms with Gasteiger partial charge in [0.2, 0.25) is 0 Å². The van der Waals surface area contributed by atoms with E-state index in [-0.39, 0.29) is 42.2 Å². The van der Waals surface area contributed by atoms with Gasteiger partial charge in [-0.2, -0.15) is 8.78 Å². The fourth-order valence-corrected chi connectivity index (χ4v) is 2.78. The van der Waals surface area contributed by atoms with Gasteiger partial charge in [-0.3, -0.25) is 9.79 Å². The number of ether oxygens (including phenoxy) is 1. The van der Waals surface area contributed by atoms with Crippen LogP contribution in [0, 0.1) is 6.92 Å². The molecule has 0 bridgehead atoms. The Morgan fingerprint density at radius 1 is 1.13 bits per heavy atom. The first-order chi connectivity index (χ1) is 13.9. The van der Waals surface area contributed by atoms with Crippen LogP contribution >= 0.6 is 35.6 Å². The average molecular weight is 553 g/mol. The van der Waals surface area contributed by atoms with Gasteiger partial charge in [-0.05, 0) is 25.1 Å². The highest BCUT2D eigenvalue weighted by Crippen LogP contribution is 2.22. The van der Waals surface area contributed by atoms with Gasteiger partial charge in [0.1, 0.15) is 5.75 Å². The van der Waals surface area contributed by atoms with Crippen LogP contribution < -0.4 is 20.7 Å². The van der Waals surface area contributed by atoms with Crippen LogP contribution in [-0.2, 0) is 6.54 Å². The van der Waals surface area contributed by atoms with E-state index in [0.29, 0.717) is 35.2 Å². The molecule has 0 spiro atoms. The maximum atomic E-state index is 12.6. The number of nitrogens with zero attached hydrogens (tertiary/aromatic N) is 1. The molecule has 0 unspecified atom stereocenters. The zero-order chi connectivity index (χ0) is 21.2. The molecule has 0 fully saturated rings. The molecule has 0 aliphatic carbocycles. The van der Waals surface area contributed by atoms with E-state index in [1.54, 1.807) is 43.4 Å². The lowest BCUT2D eigenvalue weighted by Crippen LogP contribution is -2.41. The largest absolute Gasteiger partial charge is 0.434 e. The fraction of sp³-hybridized carbons (Fsp3) is 0.300. The van der Waals surface area contributed by atoms with Gasteiger partial charge >= 0.3 is 6.61 Å². The van der Waals surface area contributed by atoms with Gasteiger partial charge in [-0.15, -0.1) is 24.0 Å². The van der Waals surface area contributed by atoms with Gasteiger partial charge in [0.25, 0.3) is 5.91 Å². The summed E-state index contributed by atoms with van der Waals surface area (Å²) in [6, 6.07) is 11.8. The molecule has 0 aliphatic rings. The van der Waals surface area contributed by atoms with Crippen LogP contribution in [0.1, 0.15) is 21.5 Å². The molecule has 0 saturated carbocycles. The van der Waals surface area contributed by atoms with Crippen LogP contribution in [0.25, 0.3) is 0 Å². The highest BCUT2D eigenvalue weighted by molar-refractivity contribution is 14.0. The molecule has 0 aromatic heterocycles. The molecule has 0 saturated heterocycles. The molecule has 2 rings (SSSR count). The summed E-state index contributed by atoms with van der Waals surface area (Å²) < 4.78 is 29.7. The molecule has 10 heteroatoms. The van der Waals surface area contributed by atoms with Gasteiger partial charge < -0.3 is 20.7 Å². The number of carbonyl (C=O) groups is 1. The summed E-state index contributed by atoms with van der Waals surface area (Å²) in [4.78, 5) is 16.2. The van der Waals surface area contributed by atoms with Crippen molar-refractivity contribution in [1.82, 2.24) is 16.0 Å². The van der Waals surface area contributed by atoms with E-state index in [4.69, 9.17) is 11.6 Å². The summed E-state index contributed by atoms with van der Waals surface area (Å²) in [6.07, 6.45) is 0. The van der Waals surface area contributed by atoms with E-state index in [9.17, 15) is 13.6 Å². The number of carbonyl (C=O) groups excluding carboxylic acids is 1. The number of nitrogens with one attached hydrogen (secondary N) is 3. The van der Waals surface area contributed by atoms with Crippen LogP contribution in [-0.4, -0.2) is 38.6 Å². The second kappa shape index (κ2) is 13.2. The van der Waals surface area contributed by atoms with Crippen molar-refractivity contribution in [2.24, 2.45) is 4.99 Å². The van der Waals surface area contributed by atoms with Crippen molar-refractivity contribution >= 4 is 47.4 Å². The summed E-state index contributed by atoms with van der Waals surface area (Å²) in [6.45, 7) is -0.0330. The third-order valence-corrected chi connectivity index (χ3v) is 4.25. The Hall–Kier alpha value is -2.14. The topological polar surface area (TPSA) is 74.8 Å². The number of hydrogen-bond acceptors (Lipinski definition) is 3. The molecular formula is C20H24ClF2IN4O2. The van der Waals surface area contributed by atoms with Crippen LogP contribution in [0.2, 0.25) is 5.02 Å². The number of hydrogen-bond donors (Lipinski definition) is 3. The zero-order valence-electron chi connectivity index (χ0n) is 16.5. The number of amides is 1. The molecule has 0 atom stereocenters. The van der Waals surface area contributed by atoms with Crippen molar-refractivity contribution < 1.29 is 18.3 Å². The lowest BCUT2D eigenvalue weighted by atomic mass is 10.1. The van der Waals surface area contributed by atoms with Crippen molar-refractivity contribution in [2.75, 3.05) is 20.1 Å². The smallest absolute Gasteiger partial charge is 0.387 e. The van der Waals surface area contributed by atoms with Crippen LogP contribution in [0.15, 0.2) is 47.5 Å². The zero-order valence-corrected chi connectivity index (χ0v) is 19.6. The summed E-state index contributed by atoms with van der Waals surface area (Å²) >= 11 is 6.00. The molecule has 2 aromatic carbocycles. The SMILES string of the molecule is CN=C(NCCNC(=O)c1ccccc1Cl)NCc1cc(C)ccc1OC(F)F.I. The molecule has 0 radical (unpaired) electrons. The standard InChI is InChI=1S/C20H23ClF2N4O2.HI/c1-13-7-8-17(29-19(22)23)14(11-13)12-27-20(24-2)26-10-9-25-18(28)15-5-3-4-6-16(15)21;/h3-8,11,19H,9-10,12H2,1-2H3,(H,25,28)(H2,24,26,27);1H. The van der Waals surface area contributed by atoms with Gasteiger partial charge in [-0.25, -0.2) is 0 Å². The molecule has 0 heterocycles. The third-order valence-electron chi connectivity index (χ3n) is 3.92. The fourth-order valence-electron chi connectivity index (χ4n) is 2.55. The molecule has 2 aromatic rings. The maximum absolute atomic E-state index is 12.6. The van der Waals surface area contributed by atoms with Crippen LogP contribution in [0.4, 0.5) is 8.78 Å². The van der Waals surface area contributed by atoms with Crippen molar-refractivity contribution in [2.45, 2.75) is 20.1 Å². The summed E-state index contributed by atoms with van der Waals surface area (Å²) in [5, 5.41) is 9.22. The van der Waals surface area contributed by atoms with E-state index in [1.165, 1.54) is 6.07 Å². The van der Waals surface area contributed by atoms with E-state index >= 15 is 0 Å². The molecular weight excluding hydrogens is 529 g/mol. The monoisotopic (exact) mass is 552 g/mol. The number of alkyl halides is 2. The minimum Gasteiger partial charge on any atom is -0.434 e. The Bertz CT molecular complexity index is 868. The summed E-state index contributed by atoms with van der Waals surface area (Å²) in [7, 11) is 1.59. The number of halogens is 4. The average Bonchev–Trinajstić information content (AvgIpc) is 2.69. The van der Waals surface area contributed by atoms with Crippen molar-refractivity contribution in [3.63, 3.8) is 0 Å². The predicted octanol–water partition coefficient (Wildman–Crippen LogP) is 3.96. The van der Waals surface area contributed by atoms with E-state index in [1.807, 2.05) is 6.92 Å². The first kappa shape index (κ1) is 25.9. The Labute approximate surface area is 196 Å². The third kappa shape index (κ3) is 8.31. The molecule has 6 nitrogen and oxygen atoms in total. The number of rotatable bonds is 8. The van der Waals surface area contributed by atoms with Crippen molar-refractivity contribution in [1.29, 1.82) is 0 Å². The Kier molecular flexibility index (Phi) is 11.4. The maximum Gasteiger partial charge on any atom is 0.387 e. The number of guanidine groups is 1. The van der Waals surface area contributed by atoms with Gasteiger partial charge in [0.15, 0.2) is 5.96 Å². The van der Waals surface area contributed by atoms with E-state index in [2.05, 4.69) is 25.7 Å². The molecule has 3 N–H and O–H groups in total. The summed E-state index contributed by atoms with van der Waals surface area (Å²) in [5.41, 5.74) is 1.91. The molecule has 30 heavy (non-hydrogen) atoms. The molecule has 1 amide bonds. The highest BCUT2D eigenvalue weighted by atomic mass is 127. The Morgan fingerprint density at radius 2 is 1.83 bits per heavy atom. The summed E-state index contributed by atoms with van der Waals surface area (Å²) in [5.74, 6) is 0.302. The second-order valence-corrected chi connectivity index (χ2v) is 6.49. The lowest BCUT2D eigenvalue weighted by Gasteiger charge is -2.15. The second-order valence-electron chi connectivity index (χ2n) is 6.08.